The molecule has 4 aromatic heterocycles. The molecular weight excluding hydrogens is 450 g/mol. The van der Waals surface area contributed by atoms with E-state index in [4.69, 9.17) is 4.74 Å². The fourth-order valence-corrected chi connectivity index (χ4v) is 5.70. The Balaban J connectivity index is 1.55. The zero-order chi connectivity index (χ0) is 21.4. The van der Waals surface area contributed by atoms with Crippen LogP contribution < -0.4 is 10.3 Å². The van der Waals surface area contributed by atoms with Crippen LogP contribution in [-0.2, 0) is 5.75 Å². The average Bonchev–Trinajstić information content (AvgIpc) is 3.52. The number of benzene rings is 1. The maximum atomic E-state index is 12.5. The van der Waals surface area contributed by atoms with E-state index < -0.39 is 0 Å². The molecule has 156 valence electrons. The zero-order valence-corrected chi connectivity index (χ0v) is 19.1. The van der Waals surface area contributed by atoms with E-state index in [0.717, 1.165) is 27.8 Å². The molecule has 0 atom stereocenters. The Kier molecular flexibility index (Phi) is 5.34. The van der Waals surface area contributed by atoms with E-state index in [2.05, 4.69) is 15.2 Å². The lowest BCUT2D eigenvalue weighted by molar-refractivity contribution is 0.412. The minimum absolute atomic E-state index is 0.0650. The second kappa shape index (κ2) is 8.29. The Hall–Kier alpha value is -2.95. The second-order valence-electron chi connectivity index (χ2n) is 6.66. The average molecular weight is 468 g/mol. The van der Waals surface area contributed by atoms with Crippen molar-refractivity contribution in [3.05, 3.63) is 75.0 Å². The van der Waals surface area contributed by atoms with Crippen LogP contribution in [0.25, 0.3) is 21.3 Å². The predicted octanol–water partition coefficient (Wildman–Crippen LogP) is 4.67. The first-order valence-corrected chi connectivity index (χ1v) is 12.1. The quantitative estimate of drug-likeness (QED) is 0.338. The smallest absolute Gasteiger partial charge is 0.258 e. The molecule has 0 amide bonds. The predicted molar refractivity (Wildman–Crippen MR) is 125 cm³/mol. The number of thioether (sulfide) groups is 1. The van der Waals surface area contributed by atoms with Crippen molar-refractivity contribution >= 4 is 39.4 Å². The van der Waals surface area contributed by atoms with Crippen molar-refractivity contribution in [3.63, 3.8) is 0 Å². The highest BCUT2D eigenvalue weighted by Crippen LogP contribution is 2.34. The van der Waals surface area contributed by atoms with Gasteiger partial charge in [0.1, 0.15) is 5.75 Å². The van der Waals surface area contributed by atoms with Gasteiger partial charge >= 0.3 is 0 Å². The third kappa shape index (κ3) is 3.67. The Morgan fingerprint density at radius 1 is 1.13 bits per heavy atom. The van der Waals surface area contributed by atoms with Crippen molar-refractivity contribution in [2.24, 2.45) is 0 Å². The molecule has 4 heterocycles. The summed E-state index contributed by atoms with van der Waals surface area (Å²) in [7, 11) is 1.65. The van der Waals surface area contributed by atoms with E-state index in [0.29, 0.717) is 21.6 Å². The highest BCUT2D eigenvalue weighted by Gasteiger charge is 2.20. The van der Waals surface area contributed by atoms with E-state index >= 15 is 0 Å². The summed E-state index contributed by atoms with van der Waals surface area (Å²) in [4.78, 5) is 18.9. The van der Waals surface area contributed by atoms with Crippen molar-refractivity contribution in [2.45, 2.75) is 17.8 Å². The van der Waals surface area contributed by atoms with Gasteiger partial charge < -0.3 is 4.74 Å². The molecule has 10 heteroatoms. The number of aromatic nitrogens is 5. The number of hydrogen-bond acceptors (Lipinski definition) is 8. The summed E-state index contributed by atoms with van der Waals surface area (Å²) in [5.74, 6) is 1.98. The summed E-state index contributed by atoms with van der Waals surface area (Å²) < 4.78 is 9.21. The Labute approximate surface area is 190 Å². The number of methoxy groups -OCH3 is 1. The number of hydrogen-bond donors (Lipinski definition) is 0. The van der Waals surface area contributed by atoms with Gasteiger partial charge in [0.25, 0.3) is 5.56 Å². The summed E-state index contributed by atoms with van der Waals surface area (Å²) in [5, 5.41) is 13.6. The molecule has 0 radical (unpaired) electrons. The van der Waals surface area contributed by atoms with E-state index in [-0.39, 0.29) is 5.56 Å². The monoisotopic (exact) mass is 467 g/mol. The lowest BCUT2D eigenvalue weighted by atomic mass is 10.3. The first-order valence-electron chi connectivity index (χ1n) is 9.38. The largest absolute Gasteiger partial charge is 0.495 e. The maximum absolute atomic E-state index is 12.5. The summed E-state index contributed by atoms with van der Waals surface area (Å²) in [6, 6.07) is 13.4. The molecule has 0 bridgehead atoms. The molecule has 0 spiro atoms. The first kappa shape index (κ1) is 20.0. The van der Waals surface area contributed by atoms with Crippen LogP contribution in [0.2, 0.25) is 0 Å². The Bertz CT molecular complexity index is 1420. The molecule has 0 fully saturated rings. The molecule has 0 saturated heterocycles. The van der Waals surface area contributed by atoms with Crippen LogP contribution in [0.1, 0.15) is 11.4 Å². The number of thiophene rings is 1. The van der Waals surface area contributed by atoms with Crippen molar-refractivity contribution in [2.75, 3.05) is 7.11 Å². The van der Waals surface area contributed by atoms with Crippen molar-refractivity contribution in [1.29, 1.82) is 0 Å². The number of para-hydroxylation sites is 2. The molecular formula is C21H17N5O2S3. The normalized spacial score (nSPS) is 11.3. The Morgan fingerprint density at radius 3 is 2.81 bits per heavy atom. The fraction of sp³-hybridized carbons (Fsp3) is 0.143. The summed E-state index contributed by atoms with van der Waals surface area (Å²) in [5.41, 5.74) is 2.40. The number of rotatable bonds is 6. The molecule has 0 saturated carbocycles. The Morgan fingerprint density at radius 2 is 2.00 bits per heavy atom. The van der Waals surface area contributed by atoms with Crippen LogP contribution in [0, 0.1) is 6.92 Å². The lowest BCUT2D eigenvalue weighted by Gasteiger charge is -2.13. The van der Waals surface area contributed by atoms with Gasteiger partial charge in [0.2, 0.25) is 0 Å². The van der Waals surface area contributed by atoms with Gasteiger partial charge in [-0.2, -0.15) is 0 Å². The van der Waals surface area contributed by atoms with Gasteiger partial charge in [-0.05, 0) is 30.5 Å². The zero-order valence-electron chi connectivity index (χ0n) is 16.7. The number of ether oxygens (including phenoxy) is 1. The van der Waals surface area contributed by atoms with Crippen LogP contribution in [-0.4, -0.2) is 31.3 Å². The number of thiazole rings is 1. The SMILES string of the molecule is COc1ccccc1-n1c(SCc2cc(=O)n3c(C)csc3n2)nnc1-c1cccs1. The maximum Gasteiger partial charge on any atom is 0.258 e. The molecule has 7 nitrogen and oxygen atoms in total. The number of aryl methyl sites for hydroxylation is 1. The molecule has 31 heavy (non-hydrogen) atoms. The van der Waals surface area contributed by atoms with E-state index in [1.807, 2.05) is 58.6 Å². The molecule has 0 aliphatic carbocycles. The van der Waals surface area contributed by atoms with Crippen LogP contribution in [0.5, 0.6) is 5.75 Å². The fourth-order valence-electron chi connectivity index (χ4n) is 3.27. The van der Waals surface area contributed by atoms with E-state index in [9.17, 15) is 4.79 Å². The lowest BCUT2D eigenvalue weighted by Crippen LogP contribution is -2.14. The summed E-state index contributed by atoms with van der Waals surface area (Å²) in [6.07, 6.45) is 0. The van der Waals surface area contributed by atoms with Gasteiger partial charge in [-0.15, -0.1) is 32.9 Å². The second-order valence-corrected chi connectivity index (χ2v) is 9.39. The van der Waals surface area contributed by atoms with Crippen LogP contribution in [0.15, 0.2) is 63.2 Å². The van der Waals surface area contributed by atoms with Gasteiger partial charge in [-0.3, -0.25) is 13.8 Å². The number of nitrogens with zero attached hydrogens (tertiary/aromatic N) is 5. The minimum Gasteiger partial charge on any atom is -0.495 e. The van der Waals surface area contributed by atoms with Crippen molar-refractivity contribution in [1.82, 2.24) is 24.1 Å². The molecule has 0 aliphatic rings. The molecule has 0 aliphatic heterocycles. The molecule has 1 aromatic carbocycles. The van der Waals surface area contributed by atoms with E-state index in [1.165, 1.54) is 23.1 Å². The van der Waals surface area contributed by atoms with E-state index in [1.54, 1.807) is 28.9 Å². The summed E-state index contributed by atoms with van der Waals surface area (Å²) in [6.45, 7) is 1.91. The minimum atomic E-state index is -0.0650. The highest BCUT2D eigenvalue weighted by molar-refractivity contribution is 7.98. The van der Waals surface area contributed by atoms with Crippen molar-refractivity contribution < 1.29 is 4.74 Å². The van der Waals surface area contributed by atoms with Crippen LogP contribution in [0.4, 0.5) is 0 Å². The standard InChI is InChI=1S/C21H17N5O2S3/c1-13-11-30-20-22-14(10-18(27)25(13)20)12-31-21-24-23-19(17-8-5-9-29-17)26(21)15-6-3-4-7-16(15)28-2/h3-11H,12H2,1-2H3. The highest BCUT2D eigenvalue weighted by atomic mass is 32.2. The third-order valence-electron chi connectivity index (χ3n) is 4.68. The van der Waals surface area contributed by atoms with Gasteiger partial charge in [0, 0.05) is 22.9 Å². The van der Waals surface area contributed by atoms with Gasteiger partial charge in [-0.1, -0.05) is 30.0 Å². The van der Waals surface area contributed by atoms with Gasteiger partial charge in [-0.25, -0.2) is 4.98 Å². The molecule has 0 N–H and O–H groups in total. The van der Waals surface area contributed by atoms with Gasteiger partial charge in [0.15, 0.2) is 15.9 Å². The van der Waals surface area contributed by atoms with Crippen LogP contribution >= 0.6 is 34.4 Å². The summed E-state index contributed by atoms with van der Waals surface area (Å²) >= 11 is 4.56. The molecule has 0 unspecified atom stereocenters. The van der Waals surface area contributed by atoms with Crippen LogP contribution in [0.3, 0.4) is 0 Å². The van der Waals surface area contributed by atoms with Gasteiger partial charge in [0.05, 0.1) is 23.4 Å². The topological polar surface area (TPSA) is 74.3 Å². The molecule has 5 aromatic rings. The van der Waals surface area contributed by atoms with Crippen molar-refractivity contribution in [3.8, 4) is 22.1 Å². The number of fused-ring (bicyclic) bond motifs is 1. The first-order chi connectivity index (χ1) is 15.2. The third-order valence-corrected chi connectivity index (χ3v) is 7.45. The molecule has 5 rings (SSSR count).